The number of hydrazine groups is 1. The molecule has 0 unspecified atom stereocenters. The van der Waals surface area contributed by atoms with Crippen molar-refractivity contribution >= 4 is 46.8 Å². The summed E-state index contributed by atoms with van der Waals surface area (Å²) in [4.78, 5) is 53.8. The number of carbonyl (C=O) groups is 4. The average molecular weight is 610 g/mol. The van der Waals surface area contributed by atoms with Crippen LogP contribution in [0.3, 0.4) is 0 Å². The third-order valence-corrected chi connectivity index (χ3v) is 10.1. The summed E-state index contributed by atoms with van der Waals surface area (Å²) in [7, 11) is 0. The first kappa shape index (κ1) is 27.4. The van der Waals surface area contributed by atoms with Crippen LogP contribution in [0, 0.1) is 11.8 Å². The summed E-state index contributed by atoms with van der Waals surface area (Å²) in [5.74, 6) is -4.51. The lowest BCUT2D eigenvalue weighted by Gasteiger charge is -2.54. The Bertz CT molecular complexity index is 1670. The van der Waals surface area contributed by atoms with E-state index >= 15 is 0 Å². The van der Waals surface area contributed by atoms with E-state index in [1.165, 1.54) is 0 Å². The second kappa shape index (κ2) is 10.1. The van der Waals surface area contributed by atoms with Gasteiger partial charge in [0.2, 0.25) is 11.8 Å². The first-order valence-corrected chi connectivity index (χ1v) is 14.7. The Morgan fingerprint density at radius 2 is 1.07 bits per heavy atom. The van der Waals surface area contributed by atoms with Gasteiger partial charge in [0.15, 0.2) is 0 Å². The van der Waals surface area contributed by atoms with Crippen LogP contribution in [0.4, 0.5) is 0 Å². The number of hydrogen-bond donors (Lipinski definition) is 2. The molecular formula is C34H25Cl2N3O4. The highest BCUT2D eigenvalue weighted by Gasteiger charge is 2.73. The van der Waals surface area contributed by atoms with Crippen LogP contribution in [-0.2, 0) is 30.6 Å². The first-order valence-electron chi connectivity index (χ1n) is 13.9. The van der Waals surface area contributed by atoms with E-state index in [0.717, 1.165) is 10.5 Å². The molecule has 1 saturated heterocycles. The third-order valence-electron chi connectivity index (χ3n) is 8.84. The predicted molar refractivity (Wildman–Crippen MR) is 161 cm³/mol. The molecule has 1 aliphatic heterocycles. The van der Waals surface area contributed by atoms with Crippen LogP contribution in [0.1, 0.15) is 38.2 Å². The monoisotopic (exact) mass is 609 g/mol. The number of halogens is 2. The van der Waals surface area contributed by atoms with Gasteiger partial charge in [-0.2, -0.15) is 0 Å². The van der Waals surface area contributed by atoms with Gasteiger partial charge in [0.1, 0.15) is 15.8 Å². The maximum absolute atomic E-state index is 14.5. The second-order valence-electron chi connectivity index (χ2n) is 11.0. The Labute approximate surface area is 257 Å². The SMILES string of the molecule is O=C(NNC(=O)[C@@H](Cc1ccccc1)N1C(=O)[C@@H]2[C@H](C1=O)C1(Cl)c3ccccc3C2(Cl)c2ccccc21)c1ccccc1. The van der Waals surface area contributed by atoms with Crippen LogP contribution >= 0.6 is 23.2 Å². The predicted octanol–water partition coefficient (Wildman–Crippen LogP) is 4.65. The smallest absolute Gasteiger partial charge is 0.269 e. The molecule has 3 atom stereocenters. The van der Waals surface area contributed by atoms with Crippen molar-refractivity contribution in [2.75, 3.05) is 0 Å². The zero-order chi connectivity index (χ0) is 29.9. The number of alkyl halides is 2. The van der Waals surface area contributed by atoms with Gasteiger partial charge >= 0.3 is 0 Å². The Morgan fingerprint density at radius 3 is 1.53 bits per heavy atom. The number of likely N-dealkylation sites (tertiary alicyclic amines) is 1. The molecule has 3 aliphatic carbocycles. The summed E-state index contributed by atoms with van der Waals surface area (Å²) in [6.45, 7) is 0. The van der Waals surface area contributed by atoms with Crippen LogP contribution in [0.25, 0.3) is 0 Å². The zero-order valence-corrected chi connectivity index (χ0v) is 24.2. The van der Waals surface area contributed by atoms with E-state index in [2.05, 4.69) is 10.9 Å². The number of imide groups is 1. The molecule has 0 saturated carbocycles. The fourth-order valence-corrected chi connectivity index (χ4v) is 8.10. The average Bonchev–Trinajstić information content (AvgIpc) is 3.32. The van der Waals surface area contributed by atoms with Crippen LogP contribution < -0.4 is 10.9 Å². The molecule has 4 aliphatic rings. The van der Waals surface area contributed by atoms with Gasteiger partial charge in [-0.25, -0.2) is 0 Å². The minimum absolute atomic E-state index is 0.0231. The summed E-state index contributed by atoms with van der Waals surface area (Å²) in [6, 6.07) is 30.9. The van der Waals surface area contributed by atoms with Gasteiger partial charge in [-0.1, -0.05) is 97.1 Å². The third kappa shape index (κ3) is 3.88. The van der Waals surface area contributed by atoms with Crippen molar-refractivity contribution in [1.82, 2.24) is 15.8 Å². The van der Waals surface area contributed by atoms with E-state index < -0.39 is 51.3 Å². The molecule has 2 bridgehead atoms. The van der Waals surface area contributed by atoms with Gasteiger partial charge in [-0.05, 0) is 39.9 Å². The molecule has 1 fully saturated rings. The molecule has 4 aromatic carbocycles. The molecule has 4 amide bonds. The van der Waals surface area contributed by atoms with Crippen molar-refractivity contribution in [3.05, 3.63) is 143 Å². The van der Waals surface area contributed by atoms with Crippen molar-refractivity contribution in [3.8, 4) is 0 Å². The van der Waals surface area contributed by atoms with Crippen molar-refractivity contribution in [3.63, 3.8) is 0 Å². The number of benzene rings is 4. The maximum Gasteiger partial charge on any atom is 0.269 e. The number of amides is 4. The molecule has 1 heterocycles. The summed E-state index contributed by atoms with van der Waals surface area (Å²) < 4.78 is 0. The number of carbonyl (C=O) groups excluding carboxylic acids is 4. The van der Waals surface area contributed by atoms with Crippen LogP contribution in [0.5, 0.6) is 0 Å². The van der Waals surface area contributed by atoms with Crippen molar-refractivity contribution in [2.45, 2.75) is 22.2 Å². The van der Waals surface area contributed by atoms with Gasteiger partial charge in [-0.3, -0.25) is 34.9 Å². The molecule has 7 nitrogen and oxygen atoms in total. The van der Waals surface area contributed by atoms with Gasteiger partial charge in [0, 0.05) is 12.0 Å². The number of hydrogen-bond acceptors (Lipinski definition) is 4. The normalized spacial score (nSPS) is 25.4. The highest BCUT2D eigenvalue weighted by atomic mass is 35.5. The zero-order valence-electron chi connectivity index (χ0n) is 22.7. The molecule has 43 heavy (non-hydrogen) atoms. The van der Waals surface area contributed by atoms with Crippen LogP contribution in [0.2, 0.25) is 0 Å². The summed E-state index contributed by atoms with van der Waals surface area (Å²) in [6.07, 6.45) is 0.0231. The molecule has 8 rings (SSSR count). The van der Waals surface area contributed by atoms with E-state index in [1.807, 2.05) is 78.9 Å². The lowest BCUT2D eigenvalue weighted by atomic mass is 9.54. The largest absolute Gasteiger partial charge is 0.274 e. The van der Waals surface area contributed by atoms with E-state index in [4.69, 9.17) is 23.2 Å². The highest BCUT2D eigenvalue weighted by molar-refractivity contribution is 6.36. The minimum atomic E-state index is -1.37. The Morgan fingerprint density at radius 1 is 0.651 bits per heavy atom. The lowest BCUT2D eigenvalue weighted by Crippen LogP contribution is -2.57. The molecule has 0 spiro atoms. The summed E-state index contributed by atoms with van der Waals surface area (Å²) in [5, 5.41) is 0. The van der Waals surface area contributed by atoms with Crippen molar-refractivity contribution in [2.24, 2.45) is 11.8 Å². The maximum atomic E-state index is 14.5. The van der Waals surface area contributed by atoms with Gasteiger partial charge in [-0.15, -0.1) is 23.2 Å². The van der Waals surface area contributed by atoms with Crippen LogP contribution in [0.15, 0.2) is 109 Å². The number of rotatable bonds is 5. The van der Waals surface area contributed by atoms with E-state index in [-0.39, 0.29) is 6.42 Å². The van der Waals surface area contributed by atoms with E-state index in [9.17, 15) is 19.2 Å². The lowest BCUT2D eigenvalue weighted by molar-refractivity contribution is -0.148. The topological polar surface area (TPSA) is 95.6 Å². The second-order valence-corrected chi connectivity index (χ2v) is 12.2. The highest BCUT2D eigenvalue weighted by Crippen LogP contribution is 2.69. The summed E-state index contributed by atoms with van der Waals surface area (Å²) in [5.41, 5.74) is 8.62. The Kier molecular flexibility index (Phi) is 6.41. The van der Waals surface area contributed by atoms with Crippen LogP contribution in [-0.4, -0.2) is 34.6 Å². The quantitative estimate of drug-likeness (QED) is 0.196. The summed E-state index contributed by atoms with van der Waals surface area (Å²) >= 11 is 15.1. The van der Waals surface area contributed by atoms with Gasteiger partial charge in [0.25, 0.3) is 11.8 Å². The van der Waals surface area contributed by atoms with E-state index in [1.54, 1.807) is 30.3 Å². The fraction of sp³-hybridized carbons (Fsp3) is 0.176. The van der Waals surface area contributed by atoms with Crippen molar-refractivity contribution in [1.29, 1.82) is 0 Å². The number of nitrogens with one attached hydrogen (secondary N) is 2. The Hall–Kier alpha value is -4.46. The van der Waals surface area contributed by atoms with E-state index in [0.29, 0.717) is 27.8 Å². The number of nitrogens with zero attached hydrogens (tertiary/aromatic N) is 1. The molecule has 4 aromatic rings. The molecular weight excluding hydrogens is 585 g/mol. The standard InChI is InChI=1S/C34H25Cl2N3O4/c35-33-22-15-7-8-16-23(22)34(36,25-18-10-9-17-24(25)33)28-27(33)31(42)39(32(28)43)26(19-20-11-3-1-4-12-20)30(41)38-37-29(40)21-13-5-2-6-14-21/h1-18,26-28H,19H2,(H,37,40)(H,38,41)/t26-,27-,28+,33?,34?/m1/s1. The van der Waals surface area contributed by atoms with Gasteiger partial charge < -0.3 is 0 Å². The molecule has 214 valence electrons. The molecule has 9 heteroatoms. The van der Waals surface area contributed by atoms with Gasteiger partial charge in [0.05, 0.1) is 11.8 Å². The van der Waals surface area contributed by atoms with Crippen molar-refractivity contribution < 1.29 is 19.2 Å². The molecule has 0 aromatic heterocycles. The molecule has 0 radical (unpaired) electrons. The Balaban J connectivity index is 1.30. The minimum Gasteiger partial charge on any atom is -0.274 e. The first-order chi connectivity index (χ1) is 20.8. The molecule has 2 N–H and O–H groups in total. The fourth-order valence-electron chi connectivity index (χ4n) is 7.00.